The fraction of sp³-hybridized carbons (Fsp3) is 0.538. The average Bonchev–Trinajstić information content (AvgIpc) is 2.81. The first-order chi connectivity index (χ1) is 8.56. The number of hydrogen-bond donors (Lipinski definition) is 2. The standard InChI is InChI=1S/C13H19N3O2/c1-9(10-4-2-3-5-10)15-12-6-11(14)7-13(8-12)16(17)18/h6-10,15H,2-5,14H2,1H3. The molecule has 1 aliphatic rings. The Labute approximate surface area is 107 Å². The molecule has 0 bridgehead atoms. The minimum Gasteiger partial charge on any atom is -0.398 e. The lowest BCUT2D eigenvalue weighted by Crippen LogP contribution is -2.23. The first-order valence-corrected chi connectivity index (χ1v) is 6.38. The molecular weight excluding hydrogens is 230 g/mol. The highest BCUT2D eigenvalue weighted by Gasteiger charge is 2.21. The van der Waals surface area contributed by atoms with E-state index in [2.05, 4.69) is 12.2 Å². The zero-order valence-corrected chi connectivity index (χ0v) is 10.6. The summed E-state index contributed by atoms with van der Waals surface area (Å²) in [4.78, 5) is 10.4. The number of nitro groups is 1. The summed E-state index contributed by atoms with van der Waals surface area (Å²) in [5.41, 5.74) is 6.88. The van der Waals surface area contributed by atoms with Gasteiger partial charge in [0.1, 0.15) is 0 Å². The number of nitro benzene ring substituents is 1. The highest BCUT2D eigenvalue weighted by atomic mass is 16.6. The Bertz CT molecular complexity index is 442. The molecule has 0 spiro atoms. The topological polar surface area (TPSA) is 81.2 Å². The highest BCUT2D eigenvalue weighted by Crippen LogP contribution is 2.30. The fourth-order valence-electron chi connectivity index (χ4n) is 2.66. The molecule has 1 aromatic rings. The molecular formula is C13H19N3O2. The molecule has 0 aromatic heterocycles. The Morgan fingerprint density at radius 1 is 1.39 bits per heavy atom. The number of nitrogens with zero attached hydrogens (tertiary/aromatic N) is 1. The summed E-state index contributed by atoms with van der Waals surface area (Å²) in [6.07, 6.45) is 5.04. The molecule has 2 rings (SSSR count). The van der Waals surface area contributed by atoms with Crippen LogP contribution in [0.15, 0.2) is 18.2 Å². The van der Waals surface area contributed by atoms with E-state index >= 15 is 0 Å². The number of rotatable bonds is 4. The van der Waals surface area contributed by atoms with Gasteiger partial charge in [0.15, 0.2) is 0 Å². The summed E-state index contributed by atoms with van der Waals surface area (Å²) in [6, 6.07) is 5.00. The molecule has 1 atom stereocenters. The lowest BCUT2D eigenvalue weighted by Gasteiger charge is -2.21. The zero-order valence-electron chi connectivity index (χ0n) is 10.6. The highest BCUT2D eigenvalue weighted by molar-refractivity contribution is 5.61. The van der Waals surface area contributed by atoms with Crippen molar-refractivity contribution in [1.82, 2.24) is 0 Å². The Morgan fingerprint density at radius 2 is 2.06 bits per heavy atom. The number of anilines is 2. The minimum atomic E-state index is -0.415. The Hall–Kier alpha value is -1.78. The van der Waals surface area contributed by atoms with Gasteiger partial charge in [0.2, 0.25) is 0 Å². The summed E-state index contributed by atoms with van der Waals surface area (Å²) in [5, 5.41) is 14.1. The van der Waals surface area contributed by atoms with Crippen molar-refractivity contribution >= 4 is 17.1 Å². The van der Waals surface area contributed by atoms with Crippen molar-refractivity contribution in [2.75, 3.05) is 11.1 Å². The average molecular weight is 249 g/mol. The Balaban J connectivity index is 2.10. The molecule has 5 nitrogen and oxygen atoms in total. The summed E-state index contributed by atoms with van der Waals surface area (Å²) < 4.78 is 0. The zero-order chi connectivity index (χ0) is 13.1. The van der Waals surface area contributed by atoms with Gasteiger partial charge in [-0.05, 0) is 31.7 Å². The van der Waals surface area contributed by atoms with Crippen molar-refractivity contribution in [1.29, 1.82) is 0 Å². The molecule has 1 saturated carbocycles. The lowest BCUT2D eigenvalue weighted by atomic mass is 9.99. The van der Waals surface area contributed by atoms with Crippen LogP contribution in [0.1, 0.15) is 32.6 Å². The molecule has 5 heteroatoms. The van der Waals surface area contributed by atoms with Crippen molar-refractivity contribution in [3.05, 3.63) is 28.3 Å². The Kier molecular flexibility index (Phi) is 3.69. The van der Waals surface area contributed by atoms with Crippen LogP contribution >= 0.6 is 0 Å². The minimum absolute atomic E-state index is 0.0381. The summed E-state index contributed by atoms with van der Waals surface area (Å²) in [7, 11) is 0. The van der Waals surface area contributed by atoms with Crippen molar-refractivity contribution in [3.63, 3.8) is 0 Å². The van der Waals surface area contributed by atoms with Crippen LogP contribution < -0.4 is 11.1 Å². The van der Waals surface area contributed by atoms with E-state index in [9.17, 15) is 10.1 Å². The third-order valence-corrected chi connectivity index (χ3v) is 3.65. The number of hydrogen-bond acceptors (Lipinski definition) is 4. The quantitative estimate of drug-likeness (QED) is 0.488. The van der Waals surface area contributed by atoms with Gasteiger partial charge in [-0.15, -0.1) is 0 Å². The van der Waals surface area contributed by atoms with E-state index in [-0.39, 0.29) is 5.69 Å². The maximum absolute atomic E-state index is 10.8. The van der Waals surface area contributed by atoms with Gasteiger partial charge in [-0.3, -0.25) is 10.1 Å². The van der Waals surface area contributed by atoms with E-state index in [1.165, 1.54) is 31.7 Å². The van der Waals surface area contributed by atoms with E-state index in [4.69, 9.17) is 5.73 Å². The predicted octanol–water partition coefficient (Wildman–Crippen LogP) is 3.17. The molecule has 0 saturated heterocycles. The van der Waals surface area contributed by atoms with Gasteiger partial charge >= 0.3 is 0 Å². The van der Waals surface area contributed by atoms with E-state index in [1.807, 2.05) is 0 Å². The van der Waals surface area contributed by atoms with E-state index in [1.54, 1.807) is 12.1 Å². The van der Waals surface area contributed by atoms with Crippen LogP contribution in [-0.4, -0.2) is 11.0 Å². The van der Waals surface area contributed by atoms with Crippen LogP contribution in [0.5, 0.6) is 0 Å². The Morgan fingerprint density at radius 3 is 2.67 bits per heavy atom. The molecule has 1 aromatic carbocycles. The van der Waals surface area contributed by atoms with Crippen LogP contribution in [-0.2, 0) is 0 Å². The smallest absolute Gasteiger partial charge is 0.273 e. The number of nitrogens with one attached hydrogen (secondary N) is 1. The monoisotopic (exact) mass is 249 g/mol. The first-order valence-electron chi connectivity index (χ1n) is 6.38. The van der Waals surface area contributed by atoms with Gasteiger partial charge in [-0.25, -0.2) is 0 Å². The molecule has 18 heavy (non-hydrogen) atoms. The third-order valence-electron chi connectivity index (χ3n) is 3.65. The second-order valence-corrected chi connectivity index (χ2v) is 5.05. The normalized spacial score (nSPS) is 17.6. The molecule has 0 aliphatic heterocycles. The van der Waals surface area contributed by atoms with Crippen LogP contribution in [0.2, 0.25) is 0 Å². The lowest BCUT2D eigenvalue weighted by molar-refractivity contribution is -0.384. The van der Waals surface area contributed by atoms with Gasteiger partial charge in [0.05, 0.1) is 4.92 Å². The van der Waals surface area contributed by atoms with Crippen LogP contribution in [0.25, 0.3) is 0 Å². The first kappa shape index (κ1) is 12.7. The maximum Gasteiger partial charge on any atom is 0.273 e. The van der Waals surface area contributed by atoms with Crippen LogP contribution in [0.4, 0.5) is 17.1 Å². The largest absolute Gasteiger partial charge is 0.398 e. The molecule has 1 fully saturated rings. The van der Waals surface area contributed by atoms with Crippen molar-refractivity contribution < 1.29 is 4.92 Å². The molecule has 3 N–H and O–H groups in total. The third kappa shape index (κ3) is 2.91. The molecule has 1 unspecified atom stereocenters. The summed E-state index contributed by atoms with van der Waals surface area (Å²) >= 11 is 0. The van der Waals surface area contributed by atoms with Gasteiger partial charge in [0.25, 0.3) is 5.69 Å². The molecule has 98 valence electrons. The molecule has 1 aliphatic carbocycles. The van der Waals surface area contributed by atoms with E-state index in [0.717, 1.165) is 5.69 Å². The second-order valence-electron chi connectivity index (χ2n) is 5.05. The molecule has 0 amide bonds. The van der Waals surface area contributed by atoms with Gasteiger partial charge in [-0.1, -0.05) is 12.8 Å². The number of benzene rings is 1. The predicted molar refractivity (Wildman–Crippen MR) is 72.6 cm³/mol. The van der Waals surface area contributed by atoms with E-state index < -0.39 is 4.92 Å². The van der Waals surface area contributed by atoms with Crippen LogP contribution in [0, 0.1) is 16.0 Å². The fourth-order valence-corrected chi connectivity index (χ4v) is 2.66. The second kappa shape index (κ2) is 5.25. The van der Waals surface area contributed by atoms with Crippen molar-refractivity contribution in [3.8, 4) is 0 Å². The summed E-state index contributed by atoms with van der Waals surface area (Å²) in [5.74, 6) is 0.658. The maximum atomic E-state index is 10.8. The number of non-ortho nitro benzene ring substituents is 1. The van der Waals surface area contributed by atoms with Gasteiger partial charge < -0.3 is 11.1 Å². The van der Waals surface area contributed by atoms with E-state index in [0.29, 0.717) is 17.6 Å². The van der Waals surface area contributed by atoms with Gasteiger partial charge in [-0.2, -0.15) is 0 Å². The number of nitrogen functional groups attached to an aromatic ring is 1. The molecule has 0 radical (unpaired) electrons. The van der Waals surface area contributed by atoms with Crippen LogP contribution in [0.3, 0.4) is 0 Å². The van der Waals surface area contributed by atoms with Crippen molar-refractivity contribution in [2.45, 2.75) is 38.6 Å². The van der Waals surface area contributed by atoms with Crippen molar-refractivity contribution in [2.24, 2.45) is 5.92 Å². The van der Waals surface area contributed by atoms with Gasteiger partial charge in [0, 0.05) is 29.5 Å². The SMILES string of the molecule is CC(Nc1cc(N)cc([N+](=O)[O-])c1)C1CCCC1. The number of nitrogens with two attached hydrogens (primary N) is 1. The molecule has 0 heterocycles. The summed E-state index contributed by atoms with van der Waals surface area (Å²) in [6.45, 7) is 2.13.